The summed E-state index contributed by atoms with van der Waals surface area (Å²) in [6.45, 7) is 6.34. The predicted octanol–water partition coefficient (Wildman–Crippen LogP) is 15.5. The quantitative estimate of drug-likeness (QED) is 0.0246. The highest BCUT2D eigenvalue weighted by molar-refractivity contribution is 5.77. The van der Waals surface area contributed by atoms with Crippen molar-refractivity contribution >= 4 is 11.9 Å². The van der Waals surface area contributed by atoms with Crippen molar-refractivity contribution in [3.8, 4) is 0 Å². The van der Waals surface area contributed by atoms with E-state index in [1.807, 2.05) is 0 Å². The first-order valence-corrected chi connectivity index (χ1v) is 25.9. The lowest BCUT2D eigenvalue weighted by atomic mass is 10.0. The second kappa shape index (κ2) is 47.9. The van der Waals surface area contributed by atoms with Crippen LogP contribution in [0.15, 0.2) is 48.6 Å². The number of hydrogen-bond donors (Lipinski definition) is 3. The number of allylic oxidation sites excluding steroid dienone is 8. The Bertz CT molecular complexity index is 1040. The number of unbranched alkanes of at least 4 members (excludes halogenated alkanes) is 28. The second-order valence-electron chi connectivity index (χ2n) is 17.6. The molecule has 0 aromatic rings. The molecule has 350 valence electrons. The molecule has 1 amide bonds. The summed E-state index contributed by atoms with van der Waals surface area (Å²) in [7, 11) is 0. The van der Waals surface area contributed by atoms with E-state index >= 15 is 0 Å². The first-order chi connectivity index (χ1) is 29.5. The first kappa shape index (κ1) is 57.8. The zero-order valence-electron chi connectivity index (χ0n) is 39.8. The fraction of sp³-hybridized carbons (Fsp3) is 0.815. The highest BCUT2D eigenvalue weighted by Crippen LogP contribution is 2.18. The van der Waals surface area contributed by atoms with E-state index in [-0.39, 0.29) is 24.9 Å². The number of carbonyl (C=O) groups is 2. The Balaban J connectivity index is 4.59. The highest BCUT2D eigenvalue weighted by atomic mass is 16.5. The van der Waals surface area contributed by atoms with Crippen LogP contribution in [0.3, 0.4) is 0 Å². The minimum absolute atomic E-state index is 0.0630. The third kappa shape index (κ3) is 42.5. The van der Waals surface area contributed by atoms with Gasteiger partial charge in [-0.15, -0.1) is 0 Å². The summed E-state index contributed by atoms with van der Waals surface area (Å²) < 4.78 is 5.92. The second-order valence-corrected chi connectivity index (χ2v) is 17.6. The van der Waals surface area contributed by atoms with Crippen LogP contribution in [0.4, 0.5) is 0 Å². The molecule has 0 saturated heterocycles. The number of hydrogen-bond acceptors (Lipinski definition) is 5. The number of nitrogens with one attached hydrogen (secondary N) is 1. The Labute approximate surface area is 372 Å². The third-order valence-corrected chi connectivity index (χ3v) is 11.7. The van der Waals surface area contributed by atoms with Gasteiger partial charge in [0, 0.05) is 6.42 Å². The minimum atomic E-state index is -0.793. The van der Waals surface area contributed by atoms with Crippen LogP contribution in [-0.2, 0) is 14.3 Å². The molecule has 0 radical (unpaired) electrons. The fourth-order valence-electron chi connectivity index (χ4n) is 7.78. The highest BCUT2D eigenvalue weighted by Gasteiger charge is 2.24. The Kier molecular flexibility index (Phi) is 46.1. The molecule has 0 spiro atoms. The Morgan fingerprint density at radius 2 is 0.917 bits per heavy atom. The minimum Gasteiger partial charge on any atom is -0.462 e. The lowest BCUT2D eigenvalue weighted by Gasteiger charge is -2.24. The van der Waals surface area contributed by atoms with Crippen molar-refractivity contribution < 1.29 is 24.5 Å². The van der Waals surface area contributed by atoms with Crippen LogP contribution in [0, 0.1) is 0 Å². The molecule has 0 rings (SSSR count). The van der Waals surface area contributed by atoms with Crippen LogP contribution in [-0.4, -0.2) is 46.9 Å². The van der Waals surface area contributed by atoms with Gasteiger partial charge >= 0.3 is 5.97 Å². The van der Waals surface area contributed by atoms with Crippen molar-refractivity contribution in [1.29, 1.82) is 0 Å². The SMILES string of the molecule is CC/C=C/C=C/C=C/CCCCCCCC(CC(=O)NC(CO)C(O)CCCCCCCCCCCCCCC)OC(=O)CCCCCCCCC/C=C\CCCCCC. The molecule has 0 aromatic heterocycles. The van der Waals surface area contributed by atoms with E-state index in [2.05, 4.69) is 74.7 Å². The van der Waals surface area contributed by atoms with Gasteiger partial charge in [0.15, 0.2) is 0 Å². The molecule has 0 fully saturated rings. The summed E-state index contributed by atoms with van der Waals surface area (Å²) in [4.78, 5) is 26.1. The Morgan fingerprint density at radius 1 is 0.500 bits per heavy atom. The molecule has 3 unspecified atom stereocenters. The molecule has 3 N–H and O–H groups in total. The Morgan fingerprint density at radius 3 is 1.42 bits per heavy atom. The number of aliphatic hydroxyl groups is 2. The zero-order chi connectivity index (χ0) is 43.8. The maximum Gasteiger partial charge on any atom is 0.306 e. The molecule has 0 aromatic carbocycles. The summed E-state index contributed by atoms with van der Waals surface area (Å²) >= 11 is 0. The number of carbonyl (C=O) groups excluding carboxylic acids is 2. The molecule has 0 aliphatic rings. The average Bonchev–Trinajstić information content (AvgIpc) is 3.24. The summed E-state index contributed by atoms with van der Waals surface area (Å²) in [5.74, 6) is -0.494. The topological polar surface area (TPSA) is 95.9 Å². The Hall–Kier alpha value is -2.18. The maximum absolute atomic E-state index is 13.2. The molecule has 3 atom stereocenters. The van der Waals surface area contributed by atoms with Gasteiger partial charge in [-0.25, -0.2) is 0 Å². The molecule has 0 aliphatic heterocycles. The maximum atomic E-state index is 13.2. The van der Waals surface area contributed by atoms with Crippen LogP contribution in [0.25, 0.3) is 0 Å². The van der Waals surface area contributed by atoms with Gasteiger partial charge < -0.3 is 20.3 Å². The van der Waals surface area contributed by atoms with E-state index in [0.29, 0.717) is 19.3 Å². The van der Waals surface area contributed by atoms with Gasteiger partial charge in [0.1, 0.15) is 6.10 Å². The van der Waals surface area contributed by atoms with Crippen molar-refractivity contribution in [2.24, 2.45) is 0 Å². The molecular weight excluding hydrogens is 743 g/mol. The van der Waals surface area contributed by atoms with E-state index < -0.39 is 18.2 Å². The normalized spacial score (nSPS) is 13.6. The molecule has 0 saturated carbocycles. The number of ether oxygens (including phenoxy) is 1. The van der Waals surface area contributed by atoms with Gasteiger partial charge in [-0.2, -0.15) is 0 Å². The molecule has 6 nitrogen and oxygen atoms in total. The monoisotopic (exact) mass is 842 g/mol. The van der Waals surface area contributed by atoms with Crippen LogP contribution < -0.4 is 5.32 Å². The van der Waals surface area contributed by atoms with E-state index in [4.69, 9.17) is 4.74 Å². The van der Waals surface area contributed by atoms with E-state index in [9.17, 15) is 19.8 Å². The van der Waals surface area contributed by atoms with Gasteiger partial charge in [0.25, 0.3) is 0 Å². The lowest BCUT2D eigenvalue weighted by Crippen LogP contribution is -2.46. The fourth-order valence-corrected chi connectivity index (χ4v) is 7.78. The van der Waals surface area contributed by atoms with Crippen molar-refractivity contribution in [2.45, 2.75) is 277 Å². The zero-order valence-corrected chi connectivity index (χ0v) is 39.8. The molecule has 0 aliphatic carbocycles. The summed E-state index contributed by atoms with van der Waals surface area (Å²) in [6, 6.07) is -0.708. The van der Waals surface area contributed by atoms with Crippen molar-refractivity contribution in [3.63, 3.8) is 0 Å². The van der Waals surface area contributed by atoms with Crippen molar-refractivity contribution in [2.75, 3.05) is 6.61 Å². The standard InChI is InChI=1S/C54H99NO5/c1-4-7-10-13-16-19-22-25-26-29-32-35-38-41-44-47-54(59)60-50(45-42-39-36-33-30-27-23-20-17-14-11-8-5-2)48-53(58)55-51(49-56)52(57)46-43-40-37-34-31-28-24-21-18-15-12-9-6-3/h8,11,14,17,19-20,22-23,50-52,56-57H,4-7,9-10,12-13,15-16,18,21,24-49H2,1-3H3,(H,55,58)/b11-8+,17-14+,22-19-,23-20+. The number of amides is 1. The first-order valence-electron chi connectivity index (χ1n) is 25.9. The van der Waals surface area contributed by atoms with E-state index in [0.717, 1.165) is 83.5 Å². The van der Waals surface area contributed by atoms with Gasteiger partial charge in [-0.05, 0) is 70.6 Å². The van der Waals surface area contributed by atoms with Crippen LogP contribution in [0.5, 0.6) is 0 Å². The number of rotatable bonds is 46. The van der Waals surface area contributed by atoms with Crippen molar-refractivity contribution in [1.82, 2.24) is 5.32 Å². The summed E-state index contributed by atoms with van der Waals surface area (Å²) in [5.41, 5.74) is 0. The largest absolute Gasteiger partial charge is 0.462 e. The van der Waals surface area contributed by atoms with E-state index in [1.54, 1.807) is 0 Å². The third-order valence-electron chi connectivity index (χ3n) is 11.7. The van der Waals surface area contributed by atoms with Gasteiger partial charge in [0.05, 0.1) is 25.2 Å². The van der Waals surface area contributed by atoms with Gasteiger partial charge in [0.2, 0.25) is 5.91 Å². The molecule has 60 heavy (non-hydrogen) atoms. The van der Waals surface area contributed by atoms with Gasteiger partial charge in [-0.1, -0.05) is 223 Å². The molecular formula is C54H99NO5. The lowest BCUT2D eigenvalue weighted by molar-refractivity contribution is -0.151. The van der Waals surface area contributed by atoms with E-state index in [1.165, 1.54) is 128 Å². The predicted molar refractivity (Wildman–Crippen MR) is 259 cm³/mol. The smallest absolute Gasteiger partial charge is 0.306 e. The summed E-state index contributed by atoms with van der Waals surface area (Å²) in [5, 5.41) is 23.8. The molecule has 0 heterocycles. The molecule has 0 bridgehead atoms. The van der Waals surface area contributed by atoms with Gasteiger partial charge in [-0.3, -0.25) is 9.59 Å². The average molecular weight is 842 g/mol. The summed E-state index contributed by atoms with van der Waals surface area (Å²) in [6.07, 6.45) is 57.4. The van der Waals surface area contributed by atoms with Crippen LogP contribution >= 0.6 is 0 Å². The van der Waals surface area contributed by atoms with Crippen LogP contribution in [0.2, 0.25) is 0 Å². The van der Waals surface area contributed by atoms with Crippen molar-refractivity contribution in [3.05, 3.63) is 48.6 Å². The molecule has 6 heteroatoms. The number of aliphatic hydroxyl groups excluding tert-OH is 2. The van der Waals surface area contributed by atoms with Crippen LogP contribution in [0.1, 0.15) is 258 Å². The number of esters is 1.